The molecule has 1 atom stereocenters. The molecule has 2 aliphatic rings. The van der Waals surface area contributed by atoms with E-state index in [9.17, 15) is 9.59 Å². The van der Waals surface area contributed by atoms with Crippen LogP contribution in [0.3, 0.4) is 0 Å². The first-order valence-electron chi connectivity index (χ1n) is 7.05. The molecule has 1 heterocycles. The standard InChI is InChI=1S/C15H22O3/c1-2-15(11-9-14(17)18-15)10-3-4-12-5-7-13(16)8-6-12/h5H,2-4,6-11H2,1H3. The molecule has 1 saturated heterocycles. The van der Waals surface area contributed by atoms with Gasteiger partial charge in [-0.2, -0.15) is 0 Å². The second-order valence-electron chi connectivity index (χ2n) is 5.47. The maximum atomic E-state index is 11.2. The fourth-order valence-electron chi connectivity index (χ4n) is 2.90. The van der Waals surface area contributed by atoms with Crippen LogP contribution in [0.1, 0.15) is 64.7 Å². The first-order chi connectivity index (χ1) is 8.63. The van der Waals surface area contributed by atoms with E-state index in [2.05, 4.69) is 13.0 Å². The third-order valence-corrected chi connectivity index (χ3v) is 4.23. The minimum absolute atomic E-state index is 0.0423. The molecule has 1 unspecified atom stereocenters. The van der Waals surface area contributed by atoms with E-state index >= 15 is 0 Å². The Bertz CT molecular complexity index is 370. The van der Waals surface area contributed by atoms with Gasteiger partial charge in [-0.15, -0.1) is 0 Å². The predicted molar refractivity (Wildman–Crippen MR) is 69.1 cm³/mol. The molecule has 1 aliphatic carbocycles. The highest BCUT2D eigenvalue weighted by Crippen LogP contribution is 2.35. The largest absolute Gasteiger partial charge is 0.459 e. The monoisotopic (exact) mass is 250 g/mol. The van der Waals surface area contributed by atoms with Crippen LogP contribution in [0, 0.1) is 0 Å². The lowest BCUT2D eigenvalue weighted by atomic mass is 9.88. The predicted octanol–water partition coefficient (Wildman–Crippen LogP) is 3.32. The van der Waals surface area contributed by atoms with Crippen molar-refractivity contribution in [2.75, 3.05) is 0 Å². The van der Waals surface area contributed by atoms with Crippen LogP contribution >= 0.6 is 0 Å². The Balaban J connectivity index is 1.77. The van der Waals surface area contributed by atoms with E-state index in [0.29, 0.717) is 25.0 Å². The molecule has 2 rings (SSSR count). The van der Waals surface area contributed by atoms with Crippen molar-refractivity contribution in [1.29, 1.82) is 0 Å². The average molecular weight is 250 g/mol. The molecule has 3 nitrogen and oxygen atoms in total. The quantitative estimate of drug-likeness (QED) is 0.555. The lowest BCUT2D eigenvalue weighted by Gasteiger charge is -2.26. The van der Waals surface area contributed by atoms with Crippen molar-refractivity contribution in [3.8, 4) is 0 Å². The Labute approximate surface area is 109 Å². The Morgan fingerprint density at radius 1 is 1.28 bits per heavy atom. The third-order valence-electron chi connectivity index (χ3n) is 4.23. The number of cyclic esters (lactones) is 1. The van der Waals surface area contributed by atoms with Crippen LogP contribution in [0.25, 0.3) is 0 Å². The second-order valence-corrected chi connectivity index (χ2v) is 5.47. The van der Waals surface area contributed by atoms with Crippen molar-refractivity contribution >= 4 is 11.8 Å². The maximum Gasteiger partial charge on any atom is 0.306 e. The van der Waals surface area contributed by atoms with Gasteiger partial charge in [0.15, 0.2) is 0 Å². The van der Waals surface area contributed by atoms with Crippen molar-refractivity contribution in [3.05, 3.63) is 11.6 Å². The van der Waals surface area contributed by atoms with Crippen molar-refractivity contribution in [1.82, 2.24) is 0 Å². The summed E-state index contributed by atoms with van der Waals surface area (Å²) in [6, 6.07) is 0. The first-order valence-corrected chi connectivity index (χ1v) is 7.05. The number of esters is 1. The number of hydrogen-bond donors (Lipinski definition) is 0. The molecular weight excluding hydrogens is 228 g/mol. The fourth-order valence-corrected chi connectivity index (χ4v) is 2.90. The summed E-state index contributed by atoms with van der Waals surface area (Å²) >= 11 is 0. The minimum atomic E-state index is -0.192. The molecule has 0 aromatic rings. The average Bonchev–Trinajstić information content (AvgIpc) is 2.74. The van der Waals surface area contributed by atoms with E-state index in [1.165, 1.54) is 5.57 Å². The topological polar surface area (TPSA) is 43.4 Å². The van der Waals surface area contributed by atoms with Crippen molar-refractivity contribution in [2.24, 2.45) is 0 Å². The van der Waals surface area contributed by atoms with Gasteiger partial charge in [-0.1, -0.05) is 18.6 Å². The van der Waals surface area contributed by atoms with Gasteiger partial charge in [-0.05, 0) is 38.5 Å². The Hall–Kier alpha value is -1.12. The number of ketones is 1. The molecule has 0 aromatic heterocycles. The van der Waals surface area contributed by atoms with E-state index in [0.717, 1.165) is 38.5 Å². The smallest absolute Gasteiger partial charge is 0.306 e. The zero-order valence-electron chi connectivity index (χ0n) is 11.2. The third kappa shape index (κ3) is 3.21. The summed E-state index contributed by atoms with van der Waals surface area (Å²) in [5, 5.41) is 0. The number of carbonyl (C=O) groups excluding carboxylic acids is 2. The highest BCUT2D eigenvalue weighted by atomic mass is 16.6. The number of rotatable bonds is 5. The summed E-state index contributed by atoms with van der Waals surface area (Å²) in [5.74, 6) is 0.313. The number of Topliss-reactive ketones (excluding diaryl/α,β-unsaturated/α-hetero) is 1. The van der Waals surface area contributed by atoms with Crippen LogP contribution in [0.4, 0.5) is 0 Å². The molecule has 0 spiro atoms. The second kappa shape index (κ2) is 5.68. The van der Waals surface area contributed by atoms with Gasteiger partial charge in [-0.3, -0.25) is 9.59 Å². The van der Waals surface area contributed by atoms with Gasteiger partial charge in [0, 0.05) is 19.3 Å². The lowest BCUT2D eigenvalue weighted by molar-refractivity contribution is -0.149. The molecule has 0 bridgehead atoms. The molecule has 0 aromatic carbocycles. The molecule has 1 aliphatic heterocycles. The van der Waals surface area contributed by atoms with Gasteiger partial charge >= 0.3 is 5.97 Å². The number of hydrogen-bond acceptors (Lipinski definition) is 3. The van der Waals surface area contributed by atoms with Crippen LogP contribution in [0.5, 0.6) is 0 Å². The van der Waals surface area contributed by atoms with Crippen LogP contribution in [0.2, 0.25) is 0 Å². The summed E-state index contributed by atoms with van der Waals surface area (Å²) in [6.45, 7) is 2.09. The highest BCUT2D eigenvalue weighted by molar-refractivity contribution is 5.81. The number of carbonyl (C=O) groups is 2. The molecule has 18 heavy (non-hydrogen) atoms. The summed E-state index contributed by atoms with van der Waals surface area (Å²) in [6.07, 6.45) is 9.77. The molecule has 3 heteroatoms. The first kappa shape index (κ1) is 13.3. The Morgan fingerprint density at radius 2 is 2.11 bits per heavy atom. The Kier molecular flexibility index (Phi) is 4.20. The van der Waals surface area contributed by atoms with Gasteiger partial charge in [0.25, 0.3) is 0 Å². The zero-order valence-corrected chi connectivity index (χ0v) is 11.2. The van der Waals surface area contributed by atoms with Crippen molar-refractivity contribution in [3.63, 3.8) is 0 Å². The van der Waals surface area contributed by atoms with E-state index < -0.39 is 0 Å². The number of ether oxygens (including phenoxy) is 1. The van der Waals surface area contributed by atoms with Crippen LogP contribution in [0.15, 0.2) is 11.6 Å². The minimum Gasteiger partial charge on any atom is -0.459 e. The van der Waals surface area contributed by atoms with Crippen LogP contribution < -0.4 is 0 Å². The molecular formula is C15H22O3. The van der Waals surface area contributed by atoms with Gasteiger partial charge in [-0.25, -0.2) is 0 Å². The molecule has 0 N–H and O–H groups in total. The van der Waals surface area contributed by atoms with E-state index in [-0.39, 0.29) is 11.6 Å². The lowest BCUT2D eigenvalue weighted by Crippen LogP contribution is -2.27. The SMILES string of the molecule is CCC1(CCCC2=CCC(=O)CC2)CCC(=O)O1. The normalized spacial score (nSPS) is 28.2. The Morgan fingerprint density at radius 3 is 2.67 bits per heavy atom. The van der Waals surface area contributed by atoms with Gasteiger partial charge < -0.3 is 4.74 Å². The molecule has 0 saturated carbocycles. The van der Waals surface area contributed by atoms with Gasteiger partial charge in [0.1, 0.15) is 11.4 Å². The zero-order chi connectivity index (χ0) is 13.0. The maximum absolute atomic E-state index is 11.2. The van der Waals surface area contributed by atoms with E-state index in [4.69, 9.17) is 4.74 Å². The molecule has 0 radical (unpaired) electrons. The molecule has 100 valence electrons. The van der Waals surface area contributed by atoms with Crippen molar-refractivity contribution in [2.45, 2.75) is 70.3 Å². The summed E-state index contributed by atoms with van der Waals surface area (Å²) in [7, 11) is 0. The van der Waals surface area contributed by atoms with Crippen molar-refractivity contribution < 1.29 is 14.3 Å². The molecule has 1 fully saturated rings. The van der Waals surface area contributed by atoms with Crippen LogP contribution in [-0.2, 0) is 14.3 Å². The van der Waals surface area contributed by atoms with Gasteiger partial charge in [0.2, 0.25) is 0 Å². The number of allylic oxidation sites excluding steroid dienone is 2. The van der Waals surface area contributed by atoms with E-state index in [1.807, 2.05) is 0 Å². The molecule has 0 amide bonds. The summed E-state index contributed by atoms with van der Waals surface area (Å²) in [4.78, 5) is 22.4. The van der Waals surface area contributed by atoms with Crippen LogP contribution in [-0.4, -0.2) is 17.4 Å². The van der Waals surface area contributed by atoms with E-state index in [1.54, 1.807) is 0 Å². The summed E-state index contributed by atoms with van der Waals surface area (Å²) < 4.78 is 5.49. The van der Waals surface area contributed by atoms with Gasteiger partial charge in [0.05, 0.1) is 0 Å². The summed E-state index contributed by atoms with van der Waals surface area (Å²) in [5.41, 5.74) is 1.22. The highest BCUT2D eigenvalue weighted by Gasteiger charge is 2.37. The fraction of sp³-hybridized carbons (Fsp3) is 0.733.